The van der Waals surface area contributed by atoms with Crippen LogP contribution in [0.5, 0.6) is 0 Å². The van der Waals surface area contributed by atoms with E-state index >= 15 is 0 Å². The molecule has 5 rings (SSSR count). The molecule has 3 aromatic rings. The van der Waals surface area contributed by atoms with E-state index in [1.165, 1.54) is 4.88 Å². The summed E-state index contributed by atoms with van der Waals surface area (Å²) in [5.41, 5.74) is 3.85. The van der Waals surface area contributed by atoms with Crippen molar-refractivity contribution in [2.45, 2.75) is 40.0 Å². The fourth-order valence-electron chi connectivity index (χ4n) is 5.32. The van der Waals surface area contributed by atoms with E-state index in [1.54, 1.807) is 29.7 Å². The third-order valence-electron chi connectivity index (χ3n) is 7.61. The van der Waals surface area contributed by atoms with Crippen molar-refractivity contribution in [3.05, 3.63) is 80.2 Å². The lowest BCUT2D eigenvalue weighted by Gasteiger charge is -2.33. The summed E-state index contributed by atoms with van der Waals surface area (Å²) in [5.74, 6) is 0.356. The normalized spacial score (nSPS) is 17.7. The number of amides is 1. The number of hydrogen-bond donors (Lipinski definition) is 1. The first kappa shape index (κ1) is 27.0. The maximum Gasteiger partial charge on any atom is 0.293 e. The molecule has 1 aliphatic carbocycles. The van der Waals surface area contributed by atoms with Crippen molar-refractivity contribution in [3.63, 3.8) is 0 Å². The maximum atomic E-state index is 13.5. The Hall–Kier alpha value is -3.56. The number of benzene rings is 2. The van der Waals surface area contributed by atoms with Crippen molar-refractivity contribution < 1.29 is 14.5 Å². The van der Waals surface area contributed by atoms with Crippen LogP contribution in [0.25, 0.3) is 0 Å². The highest BCUT2D eigenvalue weighted by atomic mass is 32.1. The van der Waals surface area contributed by atoms with Gasteiger partial charge in [-0.3, -0.25) is 14.9 Å². The fourth-order valence-corrected chi connectivity index (χ4v) is 6.59. The van der Waals surface area contributed by atoms with E-state index in [0.29, 0.717) is 54.0 Å². The number of carbonyl (C=O) groups excluding carboxylic acids is 1. The van der Waals surface area contributed by atoms with Gasteiger partial charge in [0.15, 0.2) is 0 Å². The highest BCUT2D eigenvalue weighted by Crippen LogP contribution is 2.45. The molecule has 39 heavy (non-hydrogen) atoms. The molecular formula is C30H34N4O4S. The van der Waals surface area contributed by atoms with Crippen LogP contribution < -0.4 is 10.2 Å². The fraction of sp³-hybridized carbons (Fsp3) is 0.400. The first-order chi connectivity index (χ1) is 18.7. The van der Waals surface area contributed by atoms with Gasteiger partial charge < -0.3 is 15.0 Å². The van der Waals surface area contributed by atoms with Gasteiger partial charge in [0, 0.05) is 35.9 Å². The lowest BCUT2D eigenvalue weighted by Crippen LogP contribution is -2.36. The standard InChI is InChI=1S/C30H34N4O4S/c1-30(2,3)21-10-11-23-26(18-21)39-29(27(23)28(35)32-22-7-5-4-6-8-22)31-19-20-9-12-24(25(17-20)34(36)37)33-13-15-38-16-14-33/h4-9,12,17,19,21H,10-11,13-16,18H2,1-3H3,(H,32,35)/t21-/m0/s1. The Balaban J connectivity index is 1.48. The van der Waals surface area contributed by atoms with Gasteiger partial charge in [0.2, 0.25) is 0 Å². The molecule has 0 spiro atoms. The zero-order chi connectivity index (χ0) is 27.6. The average Bonchev–Trinajstić information content (AvgIpc) is 3.30. The molecule has 1 atom stereocenters. The van der Waals surface area contributed by atoms with Crippen LogP contribution in [-0.2, 0) is 17.6 Å². The summed E-state index contributed by atoms with van der Waals surface area (Å²) in [6.07, 6.45) is 4.41. The minimum absolute atomic E-state index is 0.0430. The van der Waals surface area contributed by atoms with Gasteiger partial charge >= 0.3 is 0 Å². The molecule has 204 valence electrons. The molecule has 0 saturated carbocycles. The molecule has 2 aromatic carbocycles. The highest BCUT2D eigenvalue weighted by Gasteiger charge is 2.33. The van der Waals surface area contributed by atoms with Crippen molar-refractivity contribution in [3.8, 4) is 0 Å². The quantitative estimate of drug-likeness (QED) is 0.212. The second kappa shape index (κ2) is 11.3. The molecule has 0 unspecified atom stereocenters. The van der Waals surface area contributed by atoms with Crippen molar-refractivity contribution in [1.82, 2.24) is 0 Å². The summed E-state index contributed by atoms with van der Waals surface area (Å²) in [7, 11) is 0. The predicted molar refractivity (Wildman–Crippen MR) is 157 cm³/mol. The predicted octanol–water partition coefficient (Wildman–Crippen LogP) is 6.65. The molecule has 1 aliphatic heterocycles. The van der Waals surface area contributed by atoms with Gasteiger partial charge in [0.25, 0.3) is 11.6 Å². The number of nitrogens with zero attached hydrogens (tertiary/aromatic N) is 3. The van der Waals surface area contributed by atoms with E-state index in [9.17, 15) is 14.9 Å². The van der Waals surface area contributed by atoms with Crippen molar-refractivity contribution in [2.24, 2.45) is 16.3 Å². The minimum Gasteiger partial charge on any atom is -0.378 e. The second-order valence-corrected chi connectivity index (χ2v) is 12.3. The van der Waals surface area contributed by atoms with Crippen molar-refractivity contribution in [1.29, 1.82) is 0 Å². The number of para-hydroxylation sites is 1. The van der Waals surface area contributed by atoms with Crippen LogP contribution in [0.3, 0.4) is 0 Å². The molecule has 1 saturated heterocycles. The van der Waals surface area contributed by atoms with Crippen LogP contribution in [-0.4, -0.2) is 43.3 Å². The molecule has 0 radical (unpaired) electrons. The van der Waals surface area contributed by atoms with Gasteiger partial charge in [0.1, 0.15) is 10.7 Å². The van der Waals surface area contributed by atoms with Crippen LogP contribution >= 0.6 is 11.3 Å². The molecular weight excluding hydrogens is 512 g/mol. The van der Waals surface area contributed by atoms with Gasteiger partial charge in [-0.1, -0.05) is 45.0 Å². The molecule has 9 heteroatoms. The molecule has 2 aliphatic rings. The molecule has 1 fully saturated rings. The molecule has 2 heterocycles. The highest BCUT2D eigenvalue weighted by molar-refractivity contribution is 7.16. The van der Waals surface area contributed by atoms with E-state index in [2.05, 4.69) is 26.1 Å². The number of aliphatic imine (C=N–C) groups is 1. The van der Waals surface area contributed by atoms with Crippen LogP contribution in [0, 0.1) is 21.4 Å². The first-order valence-electron chi connectivity index (χ1n) is 13.4. The number of fused-ring (bicyclic) bond motifs is 1. The molecule has 0 bridgehead atoms. The minimum atomic E-state index is -0.350. The average molecular weight is 547 g/mol. The number of carbonyl (C=O) groups is 1. The maximum absolute atomic E-state index is 13.5. The van der Waals surface area contributed by atoms with E-state index in [1.807, 2.05) is 41.3 Å². The number of anilines is 2. The van der Waals surface area contributed by atoms with Crippen LogP contribution in [0.4, 0.5) is 22.1 Å². The number of nitro groups is 1. The second-order valence-electron chi connectivity index (χ2n) is 11.2. The number of rotatable bonds is 6. The first-order valence-corrected chi connectivity index (χ1v) is 14.2. The third-order valence-corrected chi connectivity index (χ3v) is 8.77. The number of hydrogen-bond acceptors (Lipinski definition) is 7. The van der Waals surface area contributed by atoms with Gasteiger partial charge in [-0.25, -0.2) is 4.99 Å². The van der Waals surface area contributed by atoms with E-state index in [4.69, 9.17) is 9.73 Å². The Labute approximate surface area is 232 Å². The van der Waals surface area contributed by atoms with Crippen LogP contribution in [0.15, 0.2) is 53.5 Å². The Morgan fingerprint density at radius 3 is 2.62 bits per heavy atom. The van der Waals surface area contributed by atoms with Crippen molar-refractivity contribution >= 4 is 45.5 Å². The number of morpholine rings is 1. The van der Waals surface area contributed by atoms with Crippen LogP contribution in [0.1, 0.15) is 53.6 Å². The SMILES string of the molecule is CC(C)(C)[C@H]1CCc2c(sc(N=Cc3ccc(N4CCOCC4)c([N+](=O)[O-])c3)c2C(=O)Nc2ccccc2)C1. The monoisotopic (exact) mass is 546 g/mol. The number of thiophene rings is 1. The Morgan fingerprint density at radius 1 is 1.18 bits per heavy atom. The summed E-state index contributed by atoms with van der Waals surface area (Å²) in [6, 6.07) is 14.6. The van der Waals surface area contributed by atoms with E-state index in [-0.39, 0.29) is 21.9 Å². The molecule has 1 amide bonds. The Morgan fingerprint density at radius 2 is 1.92 bits per heavy atom. The summed E-state index contributed by atoms with van der Waals surface area (Å²) >= 11 is 1.56. The largest absolute Gasteiger partial charge is 0.378 e. The van der Waals surface area contributed by atoms with E-state index < -0.39 is 0 Å². The Bertz CT molecular complexity index is 1390. The number of nitrogens with one attached hydrogen (secondary N) is 1. The summed E-state index contributed by atoms with van der Waals surface area (Å²) < 4.78 is 5.40. The zero-order valence-corrected chi connectivity index (χ0v) is 23.4. The number of nitro benzene ring substituents is 1. The molecule has 8 nitrogen and oxygen atoms in total. The van der Waals surface area contributed by atoms with Crippen molar-refractivity contribution in [2.75, 3.05) is 36.5 Å². The lowest BCUT2D eigenvalue weighted by atomic mass is 9.72. The van der Waals surface area contributed by atoms with E-state index in [0.717, 1.165) is 30.5 Å². The van der Waals surface area contributed by atoms with Gasteiger partial charge in [-0.2, -0.15) is 0 Å². The van der Waals surface area contributed by atoms with Gasteiger partial charge in [0.05, 0.1) is 23.7 Å². The van der Waals surface area contributed by atoms with Gasteiger partial charge in [-0.15, -0.1) is 11.3 Å². The lowest BCUT2D eigenvalue weighted by molar-refractivity contribution is -0.384. The smallest absolute Gasteiger partial charge is 0.293 e. The molecule has 1 N–H and O–H groups in total. The topological polar surface area (TPSA) is 97.1 Å². The zero-order valence-electron chi connectivity index (χ0n) is 22.6. The number of ether oxygens (including phenoxy) is 1. The molecule has 1 aromatic heterocycles. The Kier molecular flexibility index (Phi) is 7.81. The third kappa shape index (κ3) is 6.04. The van der Waals surface area contributed by atoms with Crippen LogP contribution in [0.2, 0.25) is 0 Å². The summed E-state index contributed by atoms with van der Waals surface area (Å²) in [5, 5.41) is 15.6. The summed E-state index contributed by atoms with van der Waals surface area (Å²) in [4.78, 5) is 33.0. The van der Waals surface area contributed by atoms with Gasteiger partial charge in [-0.05, 0) is 59.9 Å². The summed E-state index contributed by atoms with van der Waals surface area (Å²) in [6.45, 7) is 9.14.